The first kappa shape index (κ1) is 31.5. The highest BCUT2D eigenvalue weighted by Crippen LogP contribution is 2.33. The SMILES string of the molecule is N/C(=N\O)c1ccc(Cl)c(N)c1.Nc1cc(-c2noc(-c3sccc3Cl)n2)ccc1Cl.O=C(Cl)c1sccc1Cl. The lowest BCUT2D eigenvalue weighted by molar-refractivity contribution is 0.108. The lowest BCUT2D eigenvalue weighted by Gasteiger charge is -2.01. The van der Waals surface area contributed by atoms with Crippen LogP contribution < -0.4 is 17.2 Å². The molecule has 0 radical (unpaired) electrons. The molecule has 40 heavy (non-hydrogen) atoms. The number of rotatable bonds is 4. The largest absolute Gasteiger partial charge is 0.409 e. The number of hydrogen-bond donors (Lipinski definition) is 4. The van der Waals surface area contributed by atoms with E-state index in [2.05, 4.69) is 15.3 Å². The molecule has 5 aromatic rings. The van der Waals surface area contributed by atoms with Crippen LogP contribution in [-0.2, 0) is 0 Å². The summed E-state index contributed by atoms with van der Waals surface area (Å²) in [5, 5.41) is 20.1. The first-order valence-corrected chi connectivity index (χ1v) is 14.2. The Morgan fingerprint density at radius 2 is 1.50 bits per heavy atom. The minimum atomic E-state index is -0.491. The highest BCUT2D eigenvalue weighted by molar-refractivity contribution is 7.14. The van der Waals surface area contributed by atoms with Gasteiger partial charge < -0.3 is 26.9 Å². The van der Waals surface area contributed by atoms with E-state index in [9.17, 15) is 4.79 Å². The second kappa shape index (κ2) is 14.6. The van der Waals surface area contributed by atoms with Crippen molar-refractivity contribution in [3.63, 3.8) is 0 Å². The zero-order valence-electron chi connectivity index (χ0n) is 19.8. The lowest BCUT2D eigenvalue weighted by Crippen LogP contribution is -2.13. The van der Waals surface area contributed by atoms with Gasteiger partial charge in [0.15, 0.2) is 5.84 Å². The van der Waals surface area contributed by atoms with Crippen molar-refractivity contribution in [1.82, 2.24) is 10.1 Å². The van der Waals surface area contributed by atoms with Crippen molar-refractivity contribution >= 4 is 103 Å². The molecule has 0 unspecified atom stereocenters. The van der Waals surface area contributed by atoms with Gasteiger partial charge in [0.1, 0.15) is 9.75 Å². The number of oxime groups is 1. The third-order valence-electron chi connectivity index (χ3n) is 4.69. The molecule has 0 saturated heterocycles. The van der Waals surface area contributed by atoms with Crippen molar-refractivity contribution in [2.45, 2.75) is 0 Å². The number of benzene rings is 2. The fraction of sp³-hybridized carbons (Fsp3) is 0. The third-order valence-corrected chi connectivity index (χ3v) is 8.35. The maximum atomic E-state index is 10.4. The van der Waals surface area contributed by atoms with Crippen LogP contribution in [0.4, 0.5) is 11.4 Å². The number of amidine groups is 1. The average molecular weight is 679 g/mol. The summed E-state index contributed by atoms with van der Waals surface area (Å²) in [5.41, 5.74) is 18.7. The summed E-state index contributed by atoms with van der Waals surface area (Å²) >= 11 is 30.9. The summed E-state index contributed by atoms with van der Waals surface area (Å²) in [5.74, 6) is 0.852. The Kier molecular flexibility index (Phi) is 11.5. The topological polar surface area (TPSA) is 167 Å². The predicted molar refractivity (Wildman–Crippen MR) is 165 cm³/mol. The molecular weight excluding hydrogens is 662 g/mol. The van der Waals surface area contributed by atoms with E-state index < -0.39 is 5.24 Å². The van der Waals surface area contributed by atoms with Gasteiger partial charge in [0.25, 0.3) is 11.1 Å². The van der Waals surface area contributed by atoms with Crippen molar-refractivity contribution < 1.29 is 14.5 Å². The molecule has 0 aliphatic carbocycles. The van der Waals surface area contributed by atoms with E-state index in [1.54, 1.807) is 47.8 Å². The van der Waals surface area contributed by atoms with Gasteiger partial charge in [0, 0.05) is 11.1 Å². The maximum Gasteiger partial charge on any atom is 0.269 e. The van der Waals surface area contributed by atoms with Crippen LogP contribution in [0.15, 0.2) is 69.0 Å². The van der Waals surface area contributed by atoms with Gasteiger partial charge in [-0.25, -0.2) is 0 Å². The molecule has 0 amide bonds. The summed E-state index contributed by atoms with van der Waals surface area (Å²) in [6.07, 6.45) is 0. The Hall–Kier alpha value is -3.03. The summed E-state index contributed by atoms with van der Waals surface area (Å²) in [7, 11) is 0. The molecule has 0 fully saturated rings. The van der Waals surface area contributed by atoms with Gasteiger partial charge in [0.2, 0.25) is 5.82 Å². The number of nitrogens with two attached hydrogens (primary N) is 3. The van der Waals surface area contributed by atoms with Crippen LogP contribution in [0.1, 0.15) is 15.2 Å². The fourth-order valence-corrected chi connectivity index (χ4v) is 5.30. The van der Waals surface area contributed by atoms with Gasteiger partial charge in [-0.1, -0.05) is 56.7 Å². The lowest BCUT2D eigenvalue weighted by atomic mass is 10.2. The van der Waals surface area contributed by atoms with Crippen molar-refractivity contribution in [3.8, 4) is 22.2 Å². The van der Waals surface area contributed by atoms with Crippen molar-refractivity contribution in [2.75, 3.05) is 11.5 Å². The molecule has 5 rings (SSSR count). The quantitative estimate of drug-likeness (QED) is 0.0369. The molecule has 16 heteroatoms. The standard InChI is InChI=1S/C12H7Cl2N3OS.C7H8ClN3O.C5H2Cl2OS/c13-7-2-1-6(5-9(7)15)11-16-12(18-17-11)10-8(14)3-4-19-10;8-5-2-1-4(3-6(5)9)7(10)11-12;6-3-1-2-9-4(3)5(7)8/h1-5H,15H2;1-3,12H,9H2,(H2,10,11);1-2H. The van der Waals surface area contributed by atoms with Crippen molar-refractivity contribution in [2.24, 2.45) is 10.9 Å². The van der Waals surface area contributed by atoms with E-state index in [1.807, 2.05) is 5.38 Å². The Bertz CT molecular complexity index is 1650. The van der Waals surface area contributed by atoms with Crippen LogP contribution in [0.3, 0.4) is 0 Å². The predicted octanol–water partition coefficient (Wildman–Crippen LogP) is 8.15. The third kappa shape index (κ3) is 8.24. The van der Waals surface area contributed by atoms with E-state index >= 15 is 0 Å². The molecule has 3 heterocycles. The number of thiophene rings is 2. The van der Waals surface area contributed by atoms with Crippen molar-refractivity contribution in [1.29, 1.82) is 0 Å². The molecule has 0 spiro atoms. The number of halogens is 5. The van der Waals surface area contributed by atoms with E-state index in [1.165, 1.54) is 28.7 Å². The van der Waals surface area contributed by atoms with E-state index in [4.69, 9.17) is 84.9 Å². The number of nitrogens with zero attached hydrogens (tertiary/aromatic N) is 3. The number of anilines is 2. The molecule has 208 valence electrons. The van der Waals surface area contributed by atoms with Crippen LogP contribution in [-0.4, -0.2) is 26.4 Å². The second-order valence-corrected chi connectivity index (χ2v) is 11.2. The summed E-state index contributed by atoms with van der Waals surface area (Å²) in [6, 6.07) is 13.3. The monoisotopic (exact) mass is 676 g/mol. The summed E-state index contributed by atoms with van der Waals surface area (Å²) in [6.45, 7) is 0. The highest BCUT2D eigenvalue weighted by atomic mass is 35.5. The molecule has 0 atom stereocenters. The fourth-order valence-electron chi connectivity index (χ4n) is 2.76. The molecule has 7 N–H and O–H groups in total. The average Bonchev–Trinajstić information content (AvgIpc) is 3.68. The van der Waals surface area contributed by atoms with Crippen LogP contribution >= 0.6 is 80.7 Å². The van der Waals surface area contributed by atoms with Crippen molar-refractivity contribution in [3.05, 3.63) is 89.8 Å². The normalized spacial score (nSPS) is 10.8. The van der Waals surface area contributed by atoms with Crippen LogP contribution in [0, 0.1) is 0 Å². The maximum absolute atomic E-state index is 10.4. The molecule has 9 nitrogen and oxygen atoms in total. The van der Waals surface area contributed by atoms with Gasteiger partial charge >= 0.3 is 0 Å². The zero-order chi connectivity index (χ0) is 29.4. The van der Waals surface area contributed by atoms with Gasteiger partial charge in [-0.15, -0.1) is 22.7 Å². The van der Waals surface area contributed by atoms with E-state index in [-0.39, 0.29) is 5.84 Å². The number of aromatic nitrogens is 2. The Morgan fingerprint density at radius 1 is 0.875 bits per heavy atom. The smallest absolute Gasteiger partial charge is 0.269 e. The number of carbonyl (C=O) groups is 1. The number of nitrogen functional groups attached to an aromatic ring is 2. The minimum absolute atomic E-state index is 0.0124. The van der Waals surface area contributed by atoms with Crippen LogP contribution in [0.5, 0.6) is 0 Å². The van der Waals surface area contributed by atoms with E-state index in [0.717, 1.165) is 10.4 Å². The number of carbonyl (C=O) groups excluding carboxylic acids is 1. The Morgan fingerprint density at radius 3 is 2.00 bits per heavy atom. The summed E-state index contributed by atoms with van der Waals surface area (Å²) in [4.78, 5) is 15.9. The van der Waals surface area contributed by atoms with Gasteiger partial charge in [0.05, 0.1) is 31.5 Å². The first-order chi connectivity index (χ1) is 19.0. The molecular formula is C24H17Cl5N6O3S2. The Labute approximate surface area is 260 Å². The van der Waals surface area contributed by atoms with E-state index in [0.29, 0.717) is 53.6 Å². The first-order valence-electron chi connectivity index (χ1n) is 10.6. The number of hydrogen-bond acceptors (Lipinski definition) is 10. The van der Waals surface area contributed by atoms with Gasteiger partial charge in [-0.05, 0) is 70.9 Å². The molecule has 2 aromatic carbocycles. The Balaban J connectivity index is 0.000000180. The van der Waals surface area contributed by atoms with Gasteiger partial charge in [-0.3, -0.25) is 4.79 Å². The minimum Gasteiger partial charge on any atom is -0.409 e. The van der Waals surface area contributed by atoms with Gasteiger partial charge in [-0.2, -0.15) is 4.98 Å². The molecule has 0 aliphatic rings. The molecule has 0 bridgehead atoms. The zero-order valence-corrected chi connectivity index (χ0v) is 25.2. The molecule has 3 aromatic heterocycles. The van der Waals surface area contributed by atoms with Crippen LogP contribution in [0.2, 0.25) is 20.1 Å². The molecule has 0 aliphatic heterocycles. The van der Waals surface area contributed by atoms with Crippen LogP contribution in [0.25, 0.3) is 22.2 Å². The highest BCUT2D eigenvalue weighted by Gasteiger charge is 2.15. The second-order valence-electron chi connectivity index (χ2n) is 7.35. The molecule has 0 saturated carbocycles. The summed E-state index contributed by atoms with van der Waals surface area (Å²) < 4.78 is 5.21.